The molecule has 196 valence electrons. The van der Waals surface area contributed by atoms with Crippen LogP contribution in [0.5, 0.6) is 0 Å². The highest BCUT2D eigenvalue weighted by molar-refractivity contribution is 5.97. The van der Waals surface area contributed by atoms with E-state index in [4.69, 9.17) is 14.7 Å². The van der Waals surface area contributed by atoms with Gasteiger partial charge in [-0.3, -0.25) is 4.79 Å². The van der Waals surface area contributed by atoms with Crippen LogP contribution >= 0.6 is 0 Å². The number of nitrogens with zero attached hydrogens (tertiary/aromatic N) is 5. The molecule has 4 heterocycles. The van der Waals surface area contributed by atoms with Crippen LogP contribution in [0.4, 0.5) is 5.69 Å². The normalized spacial score (nSPS) is 17.7. The van der Waals surface area contributed by atoms with Gasteiger partial charge in [-0.15, -0.1) is 0 Å². The zero-order valence-corrected chi connectivity index (χ0v) is 22.7. The number of nitrogens with one attached hydrogen (secondary N) is 1. The molecule has 0 saturated carbocycles. The summed E-state index contributed by atoms with van der Waals surface area (Å²) in [5, 5.41) is 0. The van der Waals surface area contributed by atoms with Crippen molar-refractivity contribution in [3.05, 3.63) is 65.0 Å². The van der Waals surface area contributed by atoms with Crippen LogP contribution in [0.3, 0.4) is 0 Å². The topological polar surface area (TPSA) is 77.6 Å². The van der Waals surface area contributed by atoms with Gasteiger partial charge in [-0.2, -0.15) is 0 Å². The molecule has 38 heavy (non-hydrogen) atoms. The van der Waals surface area contributed by atoms with Crippen LogP contribution in [-0.4, -0.2) is 84.1 Å². The third-order valence-corrected chi connectivity index (χ3v) is 7.77. The van der Waals surface area contributed by atoms with E-state index < -0.39 is 0 Å². The minimum atomic E-state index is 0.000470. The van der Waals surface area contributed by atoms with E-state index >= 15 is 0 Å². The second kappa shape index (κ2) is 9.53. The molecule has 1 fully saturated rings. The predicted octanol–water partition coefficient (Wildman–Crippen LogP) is 4.26. The summed E-state index contributed by atoms with van der Waals surface area (Å²) in [5.74, 6) is 0.000470. The molecule has 2 aromatic carbocycles. The van der Waals surface area contributed by atoms with Crippen molar-refractivity contribution in [2.75, 3.05) is 52.3 Å². The second-order valence-corrected chi connectivity index (χ2v) is 10.8. The number of aromatic nitrogens is 3. The highest BCUT2D eigenvalue weighted by atomic mass is 16.5. The van der Waals surface area contributed by atoms with E-state index in [0.29, 0.717) is 18.2 Å². The number of rotatable bonds is 3. The number of likely N-dealkylation sites (N-methyl/N-ethyl adjacent to an activating group) is 1. The Morgan fingerprint density at radius 2 is 1.92 bits per heavy atom. The third kappa shape index (κ3) is 4.23. The lowest BCUT2D eigenvalue weighted by Gasteiger charge is -2.41. The Labute approximate surface area is 223 Å². The van der Waals surface area contributed by atoms with E-state index in [1.54, 1.807) is 19.0 Å². The molecule has 8 heteroatoms. The Morgan fingerprint density at radius 3 is 2.71 bits per heavy atom. The van der Waals surface area contributed by atoms with E-state index in [1.165, 1.54) is 16.8 Å². The lowest BCUT2D eigenvalue weighted by atomic mass is 9.99. The largest absolute Gasteiger partial charge is 0.375 e. The standard InChI is InChI=1S/C30H34N6O2/c1-18-10-20(6-7-24(18)30(37)34(3)4)25-13-31-29-27(25)33-26(14-32-29)21-11-19(2)28-22(12-21)16-38-17-23-15-35(5)8-9-36(23)28/h6-7,10-14,23H,8-9,15-17H2,1-5H3,(H,31,32)/t23-/m1/s1. The first-order chi connectivity index (χ1) is 18.3. The highest BCUT2D eigenvalue weighted by Crippen LogP contribution is 2.36. The van der Waals surface area contributed by atoms with Gasteiger partial charge in [-0.05, 0) is 55.8 Å². The number of aromatic amines is 1. The van der Waals surface area contributed by atoms with Gasteiger partial charge in [0.1, 0.15) is 5.52 Å². The van der Waals surface area contributed by atoms with Crippen LogP contribution in [-0.2, 0) is 11.3 Å². The SMILES string of the molecule is Cc1cc(-c2c[nH]c3ncc(-c4cc(C)c5c(c4)COC[C@H]4CN(C)CCN54)nc23)ccc1C(=O)N(C)C. The zero-order valence-electron chi connectivity index (χ0n) is 22.7. The maximum absolute atomic E-state index is 12.5. The highest BCUT2D eigenvalue weighted by Gasteiger charge is 2.31. The minimum Gasteiger partial charge on any atom is -0.375 e. The average Bonchev–Trinajstić information content (AvgIpc) is 3.23. The number of hydrogen-bond acceptors (Lipinski definition) is 6. The maximum Gasteiger partial charge on any atom is 0.253 e. The monoisotopic (exact) mass is 510 g/mol. The van der Waals surface area contributed by atoms with Crippen molar-refractivity contribution < 1.29 is 9.53 Å². The van der Waals surface area contributed by atoms with Crippen molar-refractivity contribution >= 4 is 22.8 Å². The van der Waals surface area contributed by atoms with Crippen molar-refractivity contribution in [1.29, 1.82) is 0 Å². The third-order valence-electron chi connectivity index (χ3n) is 7.77. The van der Waals surface area contributed by atoms with Gasteiger partial charge < -0.3 is 24.4 Å². The molecule has 0 unspecified atom stereocenters. The molecule has 0 radical (unpaired) electrons. The molecule has 1 saturated heterocycles. The summed E-state index contributed by atoms with van der Waals surface area (Å²) in [6, 6.07) is 10.7. The molecular weight excluding hydrogens is 476 g/mol. The molecular formula is C30H34N6O2. The number of carbonyl (C=O) groups excluding carboxylic acids is 1. The van der Waals surface area contributed by atoms with Crippen LogP contribution < -0.4 is 4.90 Å². The molecule has 1 atom stereocenters. The van der Waals surface area contributed by atoms with Gasteiger partial charge in [-0.1, -0.05) is 12.1 Å². The smallest absolute Gasteiger partial charge is 0.253 e. The fraction of sp³-hybridized carbons (Fsp3) is 0.367. The number of benzene rings is 2. The van der Waals surface area contributed by atoms with Crippen molar-refractivity contribution in [1.82, 2.24) is 24.8 Å². The molecule has 0 aliphatic carbocycles. The summed E-state index contributed by atoms with van der Waals surface area (Å²) in [5.41, 5.74) is 10.8. The number of aryl methyl sites for hydroxylation is 2. The van der Waals surface area contributed by atoms with Crippen LogP contribution in [0, 0.1) is 13.8 Å². The number of carbonyl (C=O) groups is 1. The molecule has 1 amide bonds. The van der Waals surface area contributed by atoms with Crippen molar-refractivity contribution in [2.45, 2.75) is 26.5 Å². The molecule has 2 aromatic heterocycles. The Morgan fingerprint density at radius 1 is 1.11 bits per heavy atom. The molecule has 8 nitrogen and oxygen atoms in total. The summed E-state index contributed by atoms with van der Waals surface area (Å²) in [6.07, 6.45) is 3.78. The number of anilines is 1. The summed E-state index contributed by atoms with van der Waals surface area (Å²) in [4.78, 5) is 32.1. The molecule has 2 aliphatic rings. The van der Waals surface area contributed by atoms with Crippen LogP contribution in [0.1, 0.15) is 27.0 Å². The van der Waals surface area contributed by atoms with E-state index in [1.807, 2.05) is 37.5 Å². The zero-order chi connectivity index (χ0) is 26.6. The van der Waals surface area contributed by atoms with Crippen molar-refractivity contribution in [2.24, 2.45) is 0 Å². The summed E-state index contributed by atoms with van der Waals surface area (Å²) >= 11 is 0. The number of amides is 1. The Hall–Kier alpha value is -3.75. The van der Waals surface area contributed by atoms with Gasteiger partial charge >= 0.3 is 0 Å². The second-order valence-electron chi connectivity index (χ2n) is 10.8. The number of piperazine rings is 1. The molecule has 2 aliphatic heterocycles. The van der Waals surface area contributed by atoms with E-state index in [-0.39, 0.29) is 5.91 Å². The summed E-state index contributed by atoms with van der Waals surface area (Å²) in [7, 11) is 5.72. The molecule has 0 spiro atoms. The lowest BCUT2D eigenvalue weighted by molar-refractivity contribution is 0.0827. The van der Waals surface area contributed by atoms with Crippen LogP contribution in [0.25, 0.3) is 33.5 Å². The predicted molar refractivity (Wildman–Crippen MR) is 151 cm³/mol. The summed E-state index contributed by atoms with van der Waals surface area (Å²) in [6.45, 7) is 8.58. The first kappa shape index (κ1) is 24.6. The van der Waals surface area contributed by atoms with Crippen LogP contribution in [0.2, 0.25) is 0 Å². The first-order valence-electron chi connectivity index (χ1n) is 13.1. The minimum absolute atomic E-state index is 0.000470. The van der Waals surface area contributed by atoms with Crippen LogP contribution in [0.15, 0.2) is 42.7 Å². The lowest BCUT2D eigenvalue weighted by Crippen LogP contribution is -2.53. The number of hydrogen-bond donors (Lipinski definition) is 1. The van der Waals surface area contributed by atoms with Gasteiger partial charge in [0.15, 0.2) is 5.65 Å². The Balaban J connectivity index is 1.38. The van der Waals surface area contributed by atoms with Gasteiger partial charge in [-0.25, -0.2) is 9.97 Å². The van der Waals surface area contributed by atoms with Gasteiger partial charge in [0.2, 0.25) is 0 Å². The fourth-order valence-electron chi connectivity index (χ4n) is 5.84. The summed E-state index contributed by atoms with van der Waals surface area (Å²) < 4.78 is 6.14. The van der Waals surface area contributed by atoms with E-state index in [2.05, 4.69) is 40.9 Å². The molecule has 1 N–H and O–H groups in total. The Kier molecular flexibility index (Phi) is 6.16. The van der Waals surface area contributed by atoms with Crippen molar-refractivity contribution in [3.63, 3.8) is 0 Å². The Bertz CT molecular complexity index is 1540. The van der Waals surface area contributed by atoms with E-state index in [9.17, 15) is 4.79 Å². The first-order valence-corrected chi connectivity index (χ1v) is 13.1. The molecule has 0 bridgehead atoms. The van der Waals surface area contributed by atoms with Gasteiger partial charge in [0.05, 0.1) is 31.1 Å². The average molecular weight is 511 g/mol. The van der Waals surface area contributed by atoms with E-state index in [0.717, 1.165) is 65.4 Å². The number of H-pyrrole nitrogens is 1. The maximum atomic E-state index is 12.5. The number of fused-ring (bicyclic) bond motifs is 4. The quantitative estimate of drug-likeness (QED) is 0.444. The molecule has 4 aromatic rings. The molecule has 6 rings (SSSR count). The fourth-order valence-corrected chi connectivity index (χ4v) is 5.84. The van der Waals surface area contributed by atoms with Crippen molar-refractivity contribution in [3.8, 4) is 22.4 Å². The van der Waals surface area contributed by atoms with Gasteiger partial charge in [0, 0.05) is 67.9 Å². The van der Waals surface area contributed by atoms with Gasteiger partial charge in [0.25, 0.3) is 5.91 Å². The number of ether oxygens (including phenoxy) is 1.